The molecule has 0 aliphatic carbocycles. The third-order valence-corrected chi connectivity index (χ3v) is 5.75. The monoisotopic (exact) mass is 435 g/mol. The number of benzene rings is 1. The molecule has 0 bridgehead atoms. The van der Waals surface area contributed by atoms with E-state index in [9.17, 15) is 4.79 Å². The van der Waals surface area contributed by atoms with E-state index in [1.165, 1.54) is 0 Å². The van der Waals surface area contributed by atoms with Crippen molar-refractivity contribution in [1.29, 1.82) is 0 Å². The van der Waals surface area contributed by atoms with Gasteiger partial charge in [-0.2, -0.15) is 5.10 Å². The van der Waals surface area contributed by atoms with E-state index in [1.807, 2.05) is 43.8 Å². The molecule has 1 fully saturated rings. The number of piperidine rings is 1. The molecule has 1 aliphatic heterocycles. The van der Waals surface area contributed by atoms with Gasteiger partial charge in [-0.15, -0.1) is 0 Å². The van der Waals surface area contributed by atoms with Gasteiger partial charge in [0.2, 0.25) is 0 Å². The van der Waals surface area contributed by atoms with Gasteiger partial charge in [-0.3, -0.25) is 19.4 Å². The summed E-state index contributed by atoms with van der Waals surface area (Å²) in [6.07, 6.45) is 8.07. The molecule has 8 nitrogen and oxygen atoms in total. The van der Waals surface area contributed by atoms with E-state index in [0.29, 0.717) is 17.4 Å². The molecular weight excluding hydrogens is 406 g/mol. The molecule has 168 valence electrons. The van der Waals surface area contributed by atoms with Gasteiger partial charge in [0.25, 0.3) is 5.91 Å². The van der Waals surface area contributed by atoms with Crippen LogP contribution in [0.4, 0.5) is 0 Å². The summed E-state index contributed by atoms with van der Waals surface area (Å²) in [5.41, 5.74) is 9.59. The van der Waals surface area contributed by atoms with Crippen LogP contribution in [0.5, 0.6) is 11.5 Å². The van der Waals surface area contributed by atoms with Crippen LogP contribution in [-0.2, 0) is 18.4 Å². The molecule has 8 heteroatoms. The maximum Gasteiger partial charge on any atom is 0.255 e. The second-order valence-corrected chi connectivity index (χ2v) is 8.19. The first-order valence-electron chi connectivity index (χ1n) is 10.8. The smallest absolute Gasteiger partial charge is 0.255 e. The highest BCUT2D eigenvalue weighted by atomic mass is 16.5. The number of likely N-dealkylation sites (tertiary alicyclic amines) is 1. The topological polar surface area (TPSA) is 95.5 Å². The molecule has 3 heterocycles. The first-order valence-corrected chi connectivity index (χ1v) is 10.8. The molecule has 0 radical (unpaired) electrons. The van der Waals surface area contributed by atoms with Crippen LogP contribution in [-0.4, -0.2) is 52.4 Å². The van der Waals surface area contributed by atoms with E-state index >= 15 is 0 Å². The number of aryl methyl sites for hydroxylation is 1. The molecule has 4 rings (SSSR count). The van der Waals surface area contributed by atoms with Gasteiger partial charge in [-0.1, -0.05) is 12.1 Å². The predicted octanol–water partition coefficient (Wildman–Crippen LogP) is 2.73. The number of amides is 1. The Morgan fingerprint density at radius 2 is 2.06 bits per heavy atom. The maximum atomic E-state index is 11.0. The molecule has 32 heavy (non-hydrogen) atoms. The second kappa shape index (κ2) is 9.82. The Hall–Kier alpha value is -3.39. The van der Waals surface area contributed by atoms with Crippen LogP contribution in [0.25, 0.3) is 11.1 Å². The minimum atomic E-state index is -0.516. The molecule has 0 spiro atoms. The Morgan fingerprint density at radius 3 is 2.75 bits per heavy atom. The zero-order chi connectivity index (χ0) is 22.5. The molecule has 1 aliphatic rings. The van der Waals surface area contributed by atoms with Crippen LogP contribution in [0.2, 0.25) is 0 Å². The van der Waals surface area contributed by atoms with Gasteiger partial charge in [-0.05, 0) is 43.1 Å². The van der Waals surface area contributed by atoms with Crippen molar-refractivity contribution in [2.45, 2.75) is 25.3 Å². The van der Waals surface area contributed by atoms with Gasteiger partial charge < -0.3 is 15.2 Å². The predicted molar refractivity (Wildman–Crippen MR) is 121 cm³/mol. The average Bonchev–Trinajstić information content (AvgIpc) is 3.24. The average molecular weight is 436 g/mol. The number of nitrogens with two attached hydrogens (primary N) is 1. The van der Waals surface area contributed by atoms with Crippen molar-refractivity contribution in [3.63, 3.8) is 0 Å². The van der Waals surface area contributed by atoms with Crippen LogP contribution in [0.15, 0.2) is 48.9 Å². The zero-order valence-electron chi connectivity index (χ0n) is 18.5. The Labute approximate surface area is 188 Å². The highest BCUT2D eigenvalue weighted by Crippen LogP contribution is 2.31. The molecular formula is C24H29N5O3. The van der Waals surface area contributed by atoms with E-state index in [0.717, 1.165) is 54.9 Å². The van der Waals surface area contributed by atoms with Crippen molar-refractivity contribution in [3.05, 3.63) is 60.2 Å². The van der Waals surface area contributed by atoms with Crippen molar-refractivity contribution in [2.24, 2.45) is 12.8 Å². The zero-order valence-corrected chi connectivity index (χ0v) is 18.5. The highest BCUT2D eigenvalue weighted by molar-refractivity contribution is 5.75. The number of methoxy groups -OCH3 is 1. The molecule has 1 saturated heterocycles. The number of ether oxygens (including phenoxy) is 2. The lowest BCUT2D eigenvalue weighted by molar-refractivity contribution is -0.119. The number of carbonyl (C=O) groups excluding carboxylic acids is 1. The number of primary amides is 1. The molecule has 1 atom stereocenters. The first kappa shape index (κ1) is 21.8. The normalized spacial score (nSPS) is 16.6. The molecule has 1 amide bonds. The van der Waals surface area contributed by atoms with Crippen molar-refractivity contribution in [3.8, 4) is 22.6 Å². The van der Waals surface area contributed by atoms with Gasteiger partial charge in [-0.25, -0.2) is 0 Å². The summed E-state index contributed by atoms with van der Waals surface area (Å²) in [6, 6.07) is 10.1. The summed E-state index contributed by atoms with van der Waals surface area (Å²) in [4.78, 5) is 18.2. The lowest BCUT2D eigenvalue weighted by Gasteiger charge is -2.32. The fourth-order valence-corrected chi connectivity index (χ4v) is 4.17. The quantitative estimate of drug-likeness (QED) is 0.585. The number of aromatic nitrogens is 3. The third kappa shape index (κ3) is 5.26. The summed E-state index contributed by atoms with van der Waals surface area (Å²) in [7, 11) is 3.51. The number of nitrogens with zero attached hydrogens (tertiary/aromatic N) is 4. The second-order valence-electron chi connectivity index (χ2n) is 8.19. The van der Waals surface area contributed by atoms with Gasteiger partial charge in [0.05, 0.1) is 13.3 Å². The largest absolute Gasteiger partial charge is 0.493 e. The minimum Gasteiger partial charge on any atom is -0.493 e. The summed E-state index contributed by atoms with van der Waals surface area (Å²) in [5.74, 6) is 1.01. The number of pyridine rings is 1. The fourth-order valence-electron chi connectivity index (χ4n) is 4.17. The van der Waals surface area contributed by atoms with Crippen molar-refractivity contribution in [2.75, 3.05) is 26.8 Å². The number of hydrogen-bond acceptors (Lipinski definition) is 6. The Bertz CT molecular complexity index is 1060. The highest BCUT2D eigenvalue weighted by Gasteiger charge is 2.23. The Morgan fingerprint density at radius 1 is 1.19 bits per heavy atom. The van der Waals surface area contributed by atoms with Crippen molar-refractivity contribution < 1.29 is 14.3 Å². The molecule has 1 aromatic carbocycles. The van der Waals surface area contributed by atoms with Crippen LogP contribution >= 0.6 is 0 Å². The first-order chi connectivity index (χ1) is 15.5. The number of hydrogen-bond donors (Lipinski definition) is 1. The SMILES string of the molecule is COc1cc(CN2CCC[C@H](c3ccc(-c4cnn(C)c4)cn3)C2)ccc1OCC(N)=O. The van der Waals surface area contributed by atoms with E-state index in [1.54, 1.807) is 11.8 Å². The van der Waals surface area contributed by atoms with Gasteiger partial charge in [0, 0.05) is 55.3 Å². The van der Waals surface area contributed by atoms with Crippen LogP contribution in [0, 0.1) is 0 Å². The van der Waals surface area contributed by atoms with Gasteiger partial charge >= 0.3 is 0 Å². The molecule has 3 aromatic rings. The van der Waals surface area contributed by atoms with E-state index < -0.39 is 5.91 Å². The number of rotatable bonds is 8. The van der Waals surface area contributed by atoms with Gasteiger partial charge in [0.1, 0.15) is 0 Å². The van der Waals surface area contributed by atoms with E-state index in [-0.39, 0.29) is 6.61 Å². The minimum absolute atomic E-state index is 0.171. The maximum absolute atomic E-state index is 11.0. The summed E-state index contributed by atoms with van der Waals surface area (Å²) < 4.78 is 12.7. The standard InChI is InChI=1S/C24H29N5O3/c1-28-14-20(12-27-28)18-6-7-21(26-11-18)19-4-3-9-29(15-19)13-17-5-8-22(23(10-17)31-2)32-16-24(25)30/h5-8,10-12,14,19H,3-4,9,13,15-16H2,1-2H3,(H2,25,30)/t19-/m0/s1. The summed E-state index contributed by atoms with van der Waals surface area (Å²) >= 11 is 0. The Kier molecular flexibility index (Phi) is 6.70. The molecule has 0 unspecified atom stereocenters. The summed E-state index contributed by atoms with van der Waals surface area (Å²) in [6.45, 7) is 2.65. The molecule has 2 aromatic heterocycles. The molecule has 2 N–H and O–H groups in total. The third-order valence-electron chi connectivity index (χ3n) is 5.75. The molecule has 0 saturated carbocycles. The van der Waals surface area contributed by atoms with E-state index in [2.05, 4.69) is 22.1 Å². The van der Waals surface area contributed by atoms with Crippen molar-refractivity contribution in [1.82, 2.24) is 19.7 Å². The Balaban J connectivity index is 1.40. The lowest BCUT2D eigenvalue weighted by atomic mass is 9.93. The van der Waals surface area contributed by atoms with Gasteiger partial charge in [0.15, 0.2) is 18.1 Å². The van der Waals surface area contributed by atoms with Crippen LogP contribution in [0.1, 0.15) is 30.0 Å². The van der Waals surface area contributed by atoms with Crippen molar-refractivity contribution >= 4 is 5.91 Å². The lowest BCUT2D eigenvalue weighted by Crippen LogP contribution is -2.34. The fraction of sp³-hybridized carbons (Fsp3) is 0.375. The van der Waals surface area contributed by atoms with E-state index in [4.69, 9.17) is 20.2 Å². The van der Waals surface area contributed by atoms with Crippen LogP contribution < -0.4 is 15.2 Å². The number of carbonyl (C=O) groups is 1. The van der Waals surface area contributed by atoms with Crippen LogP contribution in [0.3, 0.4) is 0 Å². The summed E-state index contributed by atoms with van der Waals surface area (Å²) in [5, 5.41) is 4.24.